The van der Waals surface area contributed by atoms with Crippen molar-refractivity contribution in [2.24, 2.45) is 0 Å². The van der Waals surface area contributed by atoms with Gasteiger partial charge in [-0.25, -0.2) is 13.1 Å². The van der Waals surface area contributed by atoms with Gasteiger partial charge in [0.25, 0.3) is 5.91 Å². The number of fused-ring (bicyclic) bond motifs is 3. The number of anilines is 1. The first kappa shape index (κ1) is 26.7. The van der Waals surface area contributed by atoms with Crippen molar-refractivity contribution in [3.05, 3.63) is 59.0 Å². The first-order chi connectivity index (χ1) is 18.3. The summed E-state index contributed by atoms with van der Waals surface area (Å²) in [7, 11) is -3.62. The van der Waals surface area contributed by atoms with Gasteiger partial charge in [-0.3, -0.25) is 14.3 Å². The highest BCUT2D eigenvalue weighted by atomic mass is 32.2. The highest BCUT2D eigenvalue weighted by Crippen LogP contribution is 2.44. The molecule has 3 aromatic rings. The number of benzene rings is 1. The zero-order valence-corrected chi connectivity index (χ0v) is 21.6. The number of alkyl halides is 3. The van der Waals surface area contributed by atoms with E-state index >= 15 is 0 Å². The van der Waals surface area contributed by atoms with Crippen LogP contribution in [0, 0.1) is 0 Å². The molecule has 39 heavy (non-hydrogen) atoms. The van der Waals surface area contributed by atoms with E-state index in [1.54, 1.807) is 35.3 Å². The second-order valence-electron chi connectivity index (χ2n) is 9.72. The largest absolute Gasteiger partial charge is 0.484 e. The second kappa shape index (κ2) is 9.70. The lowest BCUT2D eigenvalue weighted by Gasteiger charge is -2.35. The topological polar surface area (TPSA) is 137 Å². The van der Waals surface area contributed by atoms with E-state index in [1.807, 2.05) is 0 Å². The molecule has 2 aliphatic rings. The van der Waals surface area contributed by atoms with Crippen LogP contribution in [0.5, 0.6) is 5.75 Å². The minimum Gasteiger partial charge on any atom is -0.484 e. The lowest BCUT2D eigenvalue weighted by molar-refractivity contribution is -0.153. The first-order valence-corrected chi connectivity index (χ1v) is 14.1. The van der Waals surface area contributed by atoms with E-state index in [-0.39, 0.29) is 30.1 Å². The molecule has 2 amide bonds. The van der Waals surface area contributed by atoms with E-state index in [0.717, 1.165) is 17.4 Å². The van der Waals surface area contributed by atoms with Gasteiger partial charge in [-0.1, -0.05) is 6.07 Å². The summed E-state index contributed by atoms with van der Waals surface area (Å²) in [5, 5.41) is 14.3. The number of carbonyl (C=O) groups excluding carboxylic acids is 2. The molecule has 208 valence electrons. The summed E-state index contributed by atoms with van der Waals surface area (Å²) in [6.07, 6.45) is 1.10. The summed E-state index contributed by atoms with van der Waals surface area (Å²) in [5.74, 6) is -1.88. The standard InChI is InChI=1S/C24H25F3N6O5S/c1-39(36,37)13-19(34)29-21-20-18(31-33(21)10-9-32-8-2-7-28-32)12-23(30-22(20)35)6-5-15-11-16(3-4-17(15)23)38-14-24(25,26)27/h2-4,7-8,11H,5-6,9-10,12-14H2,1H3,(H,29,34)(H,30,35)/t23-/m1/s1. The van der Waals surface area contributed by atoms with Gasteiger partial charge in [0, 0.05) is 25.1 Å². The van der Waals surface area contributed by atoms with Gasteiger partial charge < -0.3 is 15.4 Å². The number of amides is 2. The third-order valence-electron chi connectivity index (χ3n) is 6.64. The minimum absolute atomic E-state index is 0.0877. The fourth-order valence-electron chi connectivity index (χ4n) is 5.10. The molecule has 0 saturated carbocycles. The van der Waals surface area contributed by atoms with Crippen LogP contribution in [0.4, 0.5) is 19.0 Å². The molecule has 0 radical (unpaired) electrons. The van der Waals surface area contributed by atoms with Crippen LogP contribution in [-0.4, -0.2) is 64.6 Å². The normalized spacial score (nSPS) is 18.5. The van der Waals surface area contributed by atoms with E-state index in [0.29, 0.717) is 25.1 Å². The van der Waals surface area contributed by atoms with Gasteiger partial charge in [0.15, 0.2) is 16.4 Å². The Hall–Kier alpha value is -3.88. The highest BCUT2D eigenvalue weighted by molar-refractivity contribution is 7.91. The van der Waals surface area contributed by atoms with Gasteiger partial charge in [0.1, 0.15) is 22.9 Å². The van der Waals surface area contributed by atoms with Crippen LogP contribution in [0.3, 0.4) is 0 Å². The number of aromatic nitrogens is 4. The number of sulfone groups is 1. The summed E-state index contributed by atoms with van der Waals surface area (Å²) in [4.78, 5) is 26.0. The van der Waals surface area contributed by atoms with Crippen molar-refractivity contribution in [3.8, 4) is 5.75 Å². The Morgan fingerprint density at radius 1 is 1.28 bits per heavy atom. The van der Waals surface area contributed by atoms with Crippen molar-refractivity contribution in [3.63, 3.8) is 0 Å². The smallest absolute Gasteiger partial charge is 0.422 e. The number of ether oxygens (including phenoxy) is 1. The van der Waals surface area contributed by atoms with Gasteiger partial charge in [-0.15, -0.1) is 0 Å². The predicted octanol–water partition coefficient (Wildman–Crippen LogP) is 1.83. The Bertz CT molecular complexity index is 1530. The third kappa shape index (κ3) is 5.77. The van der Waals surface area contributed by atoms with Crippen LogP contribution in [0.2, 0.25) is 0 Å². The molecule has 1 aromatic carbocycles. The number of nitrogens with one attached hydrogen (secondary N) is 2. The van der Waals surface area contributed by atoms with Crippen LogP contribution in [0.25, 0.3) is 0 Å². The predicted molar refractivity (Wildman–Crippen MR) is 132 cm³/mol. The summed E-state index contributed by atoms with van der Waals surface area (Å²) in [6.45, 7) is -0.792. The zero-order chi connectivity index (χ0) is 28.0. The second-order valence-corrected chi connectivity index (χ2v) is 11.9. The summed E-state index contributed by atoms with van der Waals surface area (Å²) in [5.41, 5.74) is 1.24. The Labute approximate surface area is 221 Å². The van der Waals surface area contributed by atoms with E-state index in [9.17, 15) is 31.2 Å². The van der Waals surface area contributed by atoms with Crippen LogP contribution in [0.1, 0.15) is 33.6 Å². The van der Waals surface area contributed by atoms with Crippen molar-refractivity contribution in [2.75, 3.05) is 23.9 Å². The van der Waals surface area contributed by atoms with Gasteiger partial charge in [-0.2, -0.15) is 23.4 Å². The van der Waals surface area contributed by atoms with Crippen molar-refractivity contribution >= 4 is 27.5 Å². The van der Waals surface area contributed by atoms with Gasteiger partial charge >= 0.3 is 6.18 Å². The number of aryl methyl sites for hydroxylation is 3. The number of hydrogen-bond acceptors (Lipinski definition) is 7. The minimum atomic E-state index is -4.46. The molecule has 5 rings (SSSR count). The zero-order valence-electron chi connectivity index (χ0n) is 20.8. The van der Waals surface area contributed by atoms with Crippen molar-refractivity contribution < 1.29 is 35.9 Å². The maximum atomic E-state index is 13.5. The molecule has 1 spiro atoms. The number of halogens is 3. The van der Waals surface area contributed by atoms with Crippen LogP contribution in [-0.2, 0) is 46.1 Å². The van der Waals surface area contributed by atoms with Gasteiger partial charge in [0.05, 0.1) is 24.3 Å². The number of hydrogen-bond donors (Lipinski definition) is 2. The molecular weight excluding hydrogens is 541 g/mol. The van der Waals surface area contributed by atoms with Gasteiger partial charge in [0.2, 0.25) is 5.91 Å². The van der Waals surface area contributed by atoms with Crippen molar-refractivity contribution in [2.45, 2.75) is 44.1 Å². The van der Waals surface area contributed by atoms with Crippen molar-refractivity contribution in [1.29, 1.82) is 0 Å². The lowest BCUT2D eigenvalue weighted by Crippen LogP contribution is -2.49. The Morgan fingerprint density at radius 2 is 2.08 bits per heavy atom. The summed E-state index contributed by atoms with van der Waals surface area (Å²) in [6, 6.07) is 6.40. The van der Waals surface area contributed by atoms with Crippen molar-refractivity contribution in [1.82, 2.24) is 24.9 Å². The number of rotatable bonds is 8. The molecule has 2 aromatic heterocycles. The fourth-order valence-corrected chi connectivity index (χ4v) is 5.65. The fraction of sp³-hybridized carbons (Fsp3) is 0.417. The quantitative estimate of drug-likeness (QED) is 0.425. The molecule has 0 saturated heterocycles. The maximum Gasteiger partial charge on any atom is 0.422 e. The number of nitrogens with zero attached hydrogens (tertiary/aromatic N) is 4. The number of carbonyl (C=O) groups is 2. The highest BCUT2D eigenvalue weighted by Gasteiger charge is 2.46. The molecule has 0 fully saturated rings. The van der Waals surface area contributed by atoms with E-state index in [4.69, 9.17) is 4.74 Å². The molecule has 2 N–H and O–H groups in total. The van der Waals surface area contributed by atoms with Crippen LogP contribution >= 0.6 is 0 Å². The molecule has 1 aliphatic carbocycles. The molecule has 11 nitrogen and oxygen atoms in total. The molecular formula is C24H25F3N6O5S. The molecule has 0 unspecified atom stereocenters. The molecule has 0 bridgehead atoms. The Balaban J connectivity index is 1.45. The molecule has 1 aliphatic heterocycles. The lowest BCUT2D eigenvalue weighted by atomic mass is 9.82. The van der Waals surface area contributed by atoms with Crippen LogP contribution < -0.4 is 15.4 Å². The van der Waals surface area contributed by atoms with E-state index in [2.05, 4.69) is 20.8 Å². The Kier molecular flexibility index (Phi) is 6.64. The SMILES string of the molecule is CS(=O)(=O)CC(=O)Nc1c2c(nn1CCn1cccn1)C[C@@]1(CCc3cc(OCC(F)(F)F)ccc31)NC2=O. The monoisotopic (exact) mass is 566 g/mol. The summed E-state index contributed by atoms with van der Waals surface area (Å²) < 4.78 is 69.0. The summed E-state index contributed by atoms with van der Waals surface area (Å²) >= 11 is 0. The Morgan fingerprint density at radius 3 is 2.77 bits per heavy atom. The average molecular weight is 567 g/mol. The first-order valence-electron chi connectivity index (χ1n) is 12.0. The van der Waals surface area contributed by atoms with Gasteiger partial charge in [-0.05, 0) is 42.2 Å². The van der Waals surface area contributed by atoms with Crippen LogP contribution in [0.15, 0.2) is 36.7 Å². The molecule has 3 heterocycles. The van der Waals surface area contributed by atoms with E-state index < -0.39 is 45.7 Å². The maximum absolute atomic E-state index is 13.5. The van der Waals surface area contributed by atoms with E-state index in [1.165, 1.54) is 10.7 Å². The molecule has 1 atom stereocenters. The molecule has 15 heteroatoms. The third-order valence-corrected chi connectivity index (χ3v) is 7.43. The average Bonchev–Trinajstić information content (AvgIpc) is 3.54.